The number of hydrazone groups is 1. The Labute approximate surface area is 139 Å². The van der Waals surface area contributed by atoms with E-state index in [1.54, 1.807) is 26.0 Å². The summed E-state index contributed by atoms with van der Waals surface area (Å²) in [7, 11) is -7.09. The van der Waals surface area contributed by atoms with E-state index in [4.69, 9.17) is 0 Å². The van der Waals surface area contributed by atoms with E-state index < -0.39 is 25.9 Å². The molecule has 1 aliphatic rings. The third-order valence-corrected chi connectivity index (χ3v) is 7.20. The molecule has 0 aliphatic carbocycles. The van der Waals surface area contributed by atoms with Gasteiger partial charge in [-0.3, -0.25) is 0 Å². The Morgan fingerprint density at radius 2 is 1.86 bits per heavy atom. The molecule has 1 aliphatic heterocycles. The first-order valence-electron chi connectivity index (χ1n) is 6.64. The van der Waals surface area contributed by atoms with Crippen molar-refractivity contribution >= 4 is 41.5 Å². The summed E-state index contributed by atoms with van der Waals surface area (Å²) in [5.41, 5.74) is 0.546. The number of sulfonamides is 1. The third-order valence-electron chi connectivity index (χ3n) is 3.18. The molecule has 1 aromatic rings. The van der Waals surface area contributed by atoms with E-state index in [-0.39, 0.29) is 22.8 Å². The van der Waals surface area contributed by atoms with Gasteiger partial charge in [0.2, 0.25) is 0 Å². The molecule has 1 heterocycles. The summed E-state index contributed by atoms with van der Waals surface area (Å²) >= 11 is 3.26. The van der Waals surface area contributed by atoms with Crippen molar-refractivity contribution in [3.63, 3.8) is 0 Å². The first-order valence-corrected chi connectivity index (χ1v) is 10.7. The molecule has 0 unspecified atom stereocenters. The van der Waals surface area contributed by atoms with Gasteiger partial charge < -0.3 is 0 Å². The lowest BCUT2D eigenvalue weighted by molar-refractivity contribution is 0.355. The van der Waals surface area contributed by atoms with Crippen LogP contribution in [0.2, 0.25) is 0 Å². The molecular weight excluding hydrogens is 392 g/mol. The lowest BCUT2D eigenvalue weighted by Crippen LogP contribution is -2.37. The summed E-state index contributed by atoms with van der Waals surface area (Å²) in [6.07, 6.45) is 0.259. The summed E-state index contributed by atoms with van der Waals surface area (Å²) in [6.45, 7) is 3.35. The predicted octanol–water partition coefficient (Wildman–Crippen LogP) is 2.02. The summed E-state index contributed by atoms with van der Waals surface area (Å²) in [6, 6.07) is 5.53. The Morgan fingerprint density at radius 3 is 2.32 bits per heavy atom. The molecule has 0 saturated carbocycles. The molecule has 1 atom stereocenters. The van der Waals surface area contributed by atoms with Gasteiger partial charge in [-0.1, -0.05) is 15.9 Å². The first-order chi connectivity index (χ1) is 10.1. The normalized spacial score (nSPS) is 20.6. The van der Waals surface area contributed by atoms with Crippen LogP contribution in [0.5, 0.6) is 0 Å². The van der Waals surface area contributed by atoms with Crippen molar-refractivity contribution in [2.45, 2.75) is 31.2 Å². The molecule has 122 valence electrons. The van der Waals surface area contributed by atoms with E-state index >= 15 is 0 Å². The van der Waals surface area contributed by atoms with Gasteiger partial charge in [0.25, 0.3) is 10.0 Å². The van der Waals surface area contributed by atoms with Crippen LogP contribution in [-0.2, 0) is 19.9 Å². The Bertz CT molecular complexity index is 782. The van der Waals surface area contributed by atoms with Crippen molar-refractivity contribution in [2.75, 3.05) is 11.5 Å². The fraction of sp³-hybridized carbons (Fsp3) is 0.462. The number of rotatable bonds is 4. The maximum Gasteiger partial charge on any atom is 0.279 e. The van der Waals surface area contributed by atoms with E-state index in [1.165, 1.54) is 12.1 Å². The lowest BCUT2D eigenvalue weighted by atomic mass is 10.3. The van der Waals surface area contributed by atoms with E-state index in [0.717, 1.165) is 8.89 Å². The molecule has 1 aromatic carbocycles. The Hall–Kier alpha value is -0.930. The molecule has 0 radical (unpaired) electrons. The number of hydrogen-bond donors (Lipinski definition) is 0. The molecule has 6 nitrogen and oxygen atoms in total. The largest absolute Gasteiger partial charge is 0.279 e. The fourth-order valence-electron chi connectivity index (χ4n) is 2.19. The Balaban J connectivity index is 2.45. The molecule has 0 bridgehead atoms. The first kappa shape index (κ1) is 17.4. The van der Waals surface area contributed by atoms with Crippen molar-refractivity contribution in [1.29, 1.82) is 0 Å². The highest BCUT2D eigenvalue weighted by atomic mass is 79.9. The minimum absolute atomic E-state index is 0.0116. The van der Waals surface area contributed by atoms with Crippen LogP contribution in [0.4, 0.5) is 0 Å². The average molecular weight is 409 g/mol. The van der Waals surface area contributed by atoms with Crippen LogP contribution < -0.4 is 0 Å². The SMILES string of the molecule is CC(C)=NN([C@H]1CCS(=O)(=O)C1)S(=O)(=O)c1ccc(Br)cc1. The van der Waals surface area contributed by atoms with Crippen LogP contribution in [-0.4, -0.2) is 44.5 Å². The van der Waals surface area contributed by atoms with Crippen molar-refractivity contribution in [3.05, 3.63) is 28.7 Å². The maximum absolute atomic E-state index is 12.8. The second-order valence-electron chi connectivity index (χ2n) is 5.34. The number of hydrogen-bond acceptors (Lipinski definition) is 5. The van der Waals surface area contributed by atoms with Gasteiger partial charge in [0, 0.05) is 10.2 Å². The topological polar surface area (TPSA) is 83.9 Å². The summed E-state index contributed by atoms with van der Waals surface area (Å²) in [4.78, 5) is 0.0880. The smallest absolute Gasteiger partial charge is 0.229 e. The number of sulfone groups is 1. The quantitative estimate of drug-likeness (QED) is 0.563. The summed E-state index contributed by atoms with van der Waals surface area (Å²) in [5, 5.41) is 4.08. The van der Waals surface area contributed by atoms with Crippen LogP contribution in [0.25, 0.3) is 0 Å². The lowest BCUT2D eigenvalue weighted by Gasteiger charge is -2.25. The molecule has 0 N–H and O–H groups in total. The van der Waals surface area contributed by atoms with Crippen LogP contribution in [0.3, 0.4) is 0 Å². The zero-order valence-electron chi connectivity index (χ0n) is 12.2. The molecule has 0 amide bonds. The van der Waals surface area contributed by atoms with Gasteiger partial charge in [-0.15, -0.1) is 0 Å². The number of benzene rings is 1. The van der Waals surface area contributed by atoms with Crippen molar-refractivity contribution in [1.82, 2.24) is 4.41 Å². The van der Waals surface area contributed by atoms with Crippen molar-refractivity contribution < 1.29 is 16.8 Å². The van der Waals surface area contributed by atoms with Gasteiger partial charge >= 0.3 is 0 Å². The van der Waals surface area contributed by atoms with Crippen molar-refractivity contribution in [3.8, 4) is 0 Å². The maximum atomic E-state index is 12.8. The second-order valence-corrected chi connectivity index (χ2v) is 10.3. The van der Waals surface area contributed by atoms with Gasteiger partial charge in [-0.2, -0.15) is 17.9 Å². The van der Waals surface area contributed by atoms with E-state index in [2.05, 4.69) is 21.0 Å². The van der Waals surface area contributed by atoms with Crippen LogP contribution in [0.15, 0.2) is 38.7 Å². The van der Waals surface area contributed by atoms with Gasteiger partial charge in [-0.25, -0.2) is 8.42 Å². The Morgan fingerprint density at radius 1 is 1.27 bits per heavy atom. The highest BCUT2D eigenvalue weighted by Gasteiger charge is 2.38. The number of halogens is 1. The predicted molar refractivity (Wildman–Crippen MR) is 89.0 cm³/mol. The standard InChI is InChI=1S/C13H17BrN2O4S2/c1-10(2)15-16(12-7-8-21(17,18)9-12)22(19,20)13-5-3-11(14)4-6-13/h3-6,12H,7-9H2,1-2H3/t12-/m0/s1. The molecule has 1 saturated heterocycles. The third kappa shape index (κ3) is 3.88. The minimum Gasteiger partial charge on any atom is -0.229 e. The summed E-state index contributed by atoms with van der Waals surface area (Å²) < 4.78 is 50.6. The highest BCUT2D eigenvalue weighted by molar-refractivity contribution is 9.10. The molecule has 9 heteroatoms. The van der Waals surface area contributed by atoms with Gasteiger partial charge in [-0.05, 0) is 44.5 Å². The molecule has 0 aromatic heterocycles. The van der Waals surface area contributed by atoms with Crippen LogP contribution in [0, 0.1) is 0 Å². The van der Waals surface area contributed by atoms with E-state index in [9.17, 15) is 16.8 Å². The molecule has 1 fully saturated rings. The van der Waals surface area contributed by atoms with Gasteiger partial charge in [0.05, 0.1) is 22.4 Å². The molecule has 2 rings (SSSR count). The molecule has 0 spiro atoms. The van der Waals surface area contributed by atoms with Gasteiger partial charge in [0.15, 0.2) is 9.84 Å². The Kier molecular flexibility index (Phi) is 4.98. The zero-order valence-corrected chi connectivity index (χ0v) is 15.4. The molecular formula is C13H17BrN2O4S2. The van der Waals surface area contributed by atoms with E-state index in [1.807, 2.05) is 0 Å². The number of nitrogens with zero attached hydrogens (tertiary/aromatic N) is 2. The monoisotopic (exact) mass is 408 g/mol. The van der Waals surface area contributed by atoms with Crippen LogP contribution in [0.1, 0.15) is 20.3 Å². The van der Waals surface area contributed by atoms with Gasteiger partial charge in [0.1, 0.15) is 0 Å². The fourth-order valence-corrected chi connectivity index (χ4v) is 5.78. The van der Waals surface area contributed by atoms with Crippen LogP contribution >= 0.6 is 15.9 Å². The minimum atomic E-state index is -3.89. The zero-order chi connectivity index (χ0) is 16.5. The van der Waals surface area contributed by atoms with Crippen molar-refractivity contribution in [2.24, 2.45) is 5.10 Å². The summed E-state index contributed by atoms with van der Waals surface area (Å²) in [5.74, 6) is -0.207. The highest BCUT2D eigenvalue weighted by Crippen LogP contribution is 2.26. The second kappa shape index (κ2) is 6.29. The van der Waals surface area contributed by atoms with E-state index in [0.29, 0.717) is 5.71 Å². The average Bonchev–Trinajstić information content (AvgIpc) is 2.76. The molecule has 22 heavy (non-hydrogen) atoms.